The fourth-order valence-electron chi connectivity index (χ4n) is 10.8. The molecular formula is C52H49ClF8N9O12PS. The molecule has 4 N–H and O–H groups in total. The molecule has 0 radical (unpaired) electrons. The molecule has 4 heterocycles. The lowest BCUT2D eigenvalue weighted by Crippen LogP contribution is -2.40. The number of fused-ring (bicyclic) bond motifs is 5. The minimum Gasteiger partial charge on any atom is -0.481 e. The number of rotatable bonds is 21. The van der Waals surface area contributed by atoms with Gasteiger partial charge in [-0.2, -0.15) is 28.3 Å². The number of hydrogen-bond donors (Lipinski definition) is 4. The minimum atomic E-state index is -5.37. The summed E-state index contributed by atoms with van der Waals surface area (Å²) in [5.41, 5.74) is -6.39. The standard InChI is InChI=1S/C52H49ClF8N9O12PS/c1-23-13-25(18-38(73)74)41(34(14-23)82-83(76,77)78)50(2,3)21-37(72)70(84(6,79)80)48-40-31(53)8-9-33(43(40)67(5)66-48)69-47(64-46-28(49(69)75)7-10-36(63-46)81-12-11-51(4,58)59)32(17-24-15-26(54)19-27(55)16-24)62-35(71)22-68-44-39(42(65-68)45(56)57)29-20-30(29)52(44,60)61/h7-10,13-16,19,29-30,32,45H,11-12,17-18,20-22H2,1-6H3,(H,62,71)(H,73,74)(H2,76,77,78)/t29-,30+,32-/m0/s1. The Hall–Kier alpha value is -7.53. The number of phosphoric acid groups is 1. The second kappa shape index (κ2) is 21.8. The van der Waals surface area contributed by atoms with Crippen LogP contribution in [0.2, 0.25) is 5.02 Å². The molecule has 84 heavy (non-hydrogen) atoms. The fourth-order valence-corrected chi connectivity index (χ4v) is 12.3. The van der Waals surface area contributed by atoms with Gasteiger partial charge in [0.15, 0.2) is 11.5 Å². The first-order valence-electron chi connectivity index (χ1n) is 25.2. The summed E-state index contributed by atoms with van der Waals surface area (Å²) in [5.74, 6) is -17.5. The van der Waals surface area contributed by atoms with E-state index < -0.39 is 173 Å². The number of alkyl halides is 6. The van der Waals surface area contributed by atoms with E-state index in [-0.39, 0.29) is 60.3 Å². The average Bonchev–Trinajstić information content (AvgIpc) is 1.53. The SMILES string of the molecule is Cc1cc(CC(=O)O)c(C(C)(C)CC(=O)N(c2nn(C)c3c(-n4c([C@H](Cc5cc(F)cc(F)c5)NC(=O)Cn5nc(C(F)F)c6c5C(F)(F)[C@@H]5C[C@H]65)nc5nc(OCCC(C)(F)F)ccc5c4=O)ccc(Cl)c23)S(C)(=O)=O)c(OP(=O)(O)O)c1. The first kappa shape index (κ1) is 61.0. The molecule has 0 unspecified atom stereocenters. The summed E-state index contributed by atoms with van der Waals surface area (Å²) in [5, 5.41) is 19.4. The number of carbonyl (C=O) groups excluding carboxylic acids is 2. The summed E-state index contributed by atoms with van der Waals surface area (Å²) in [7, 11) is -8.98. The number of aliphatic carboxylic acids is 1. The molecule has 2 aliphatic carbocycles. The third-order valence-corrected chi connectivity index (χ3v) is 15.8. The van der Waals surface area contributed by atoms with Crippen molar-refractivity contribution >= 4 is 75.0 Å². The van der Waals surface area contributed by atoms with Gasteiger partial charge in [-0.15, -0.1) is 0 Å². The largest absolute Gasteiger partial charge is 0.524 e. The molecule has 3 aromatic carbocycles. The van der Waals surface area contributed by atoms with Crippen LogP contribution in [0.5, 0.6) is 11.6 Å². The maximum Gasteiger partial charge on any atom is 0.524 e. The van der Waals surface area contributed by atoms with Gasteiger partial charge in [0.1, 0.15) is 41.1 Å². The van der Waals surface area contributed by atoms with Crippen LogP contribution < -0.4 is 24.4 Å². The highest BCUT2D eigenvalue weighted by Crippen LogP contribution is 2.68. The lowest BCUT2D eigenvalue weighted by molar-refractivity contribution is -0.136. The van der Waals surface area contributed by atoms with Crippen molar-refractivity contribution in [2.45, 2.75) is 102 Å². The summed E-state index contributed by atoms with van der Waals surface area (Å²) < 4.78 is 171. The molecule has 448 valence electrons. The highest BCUT2D eigenvalue weighted by molar-refractivity contribution is 7.92. The topological polar surface area (TPSA) is 280 Å². The van der Waals surface area contributed by atoms with E-state index in [9.17, 15) is 59.8 Å². The Balaban J connectivity index is 1.23. The van der Waals surface area contributed by atoms with E-state index in [0.29, 0.717) is 29.5 Å². The lowest BCUT2D eigenvalue weighted by Gasteiger charge is -2.31. The lowest BCUT2D eigenvalue weighted by atomic mass is 9.77. The number of carbonyl (C=O) groups is 3. The molecule has 4 aromatic heterocycles. The van der Waals surface area contributed by atoms with E-state index in [1.165, 1.54) is 46.0 Å². The summed E-state index contributed by atoms with van der Waals surface area (Å²) in [4.78, 5) is 85.2. The molecule has 32 heteroatoms. The average molecular weight is 1240 g/mol. The van der Waals surface area contributed by atoms with Crippen LogP contribution in [0.15, 0.2) is 59.4 Å². The van der Waals surface area contributed by atoms with Crippen LogP contribution in [0.25, 0.3) is 27.6 Å². The number of carboxylic acid groups (broad SMARTS) is 1. The third kappa shape index (κ3) is 12.2. The number of aromatic nitrogens is 7. The molecule has 1 saturated carbocycles. The first-order chi connectivity index (χ1) is 38.9. The number of ether oxygens (including phenoxy) is 1. The highest BCUT2D eigenvalue weighted by atomic mass is 35.5. The van der Waals surface area contributed by atoms with E-state index in [0.717, 1.165) is 39.6 Å². The van der Waals surface area contributed by atoms with Crippen molar-refractivity contribution in [1.82, 2.24) is 39.4 Å². The van der Waals surface area contributed by atoms with Crippen molar-refractivity contribution in [3.63, 3.8) is 0 Å². The normalized spacial score (nSPS) is 16.2. The molecule has 1 fully saturated rings. The summed E-state index contributed by atoms with van der Waals surface area (Å²) in [6.07, 6.45) is -5.95. The minimum absolute atomic E-state index is 0.0587. The molecule has 0 aliphatic heterocycles. The quantitative estimate of drug-likeness (QED) is 0.0387. The number of phosphoric ester groups is 1. The molecule has 3 atom stereocenters. The number of hydrogen-bond acceptors (Lipinski definition) is 13. The van der Waals surface area contributed by atoms with Crippen LogP contribution in [-0.4, -0.2) is 94.0 Å². The van der Waals surface area contributed by atoms with Gasteiger partial charge in [0, 0.05) is 60.9 Å². The number of nitrogens with one attached hydrogen (secondary N) is 1. The summed E-state index contributed by atoms with van der Waals surface area (Å²) in [6.45, 7) is 3.04. The highest BCUT2D eigenvalue weighted by Gasteiger charge is 2.67. The van der Waals surface area contributed by atoms with Gasteiger partial charge in [0.05, 0.1) is 52.3 Å². The van der Waals surface area contributed by atoms with Crippen molar-refractivity contribution in [3.8, 4) is 17.3 Å². The molecule has 0 bridgehead atoms. The zero-order valence-corrected chi connectivity index (χ0v) is 47.3. The van der Waals surface area contributed by atoms with Gasteiger partial charge in [-0.25, -0.2) is 44.3 Å². The summed E-state index contributed by atoms with van der Waals surface area (Å²) in [6, 6.07) is 7.49. The molecular weight excluding hydrogens is 1190 g/mol. The first-order valence-corrected chi connectivity index (χ1v) is 28.9. The number of sulfonamides is 1. The molecule has 2 amide bonds. The van der Waals surface area contributed by atoms with E-state index in [4.69, 9.17) is 20.9 Å². The molecule has 0 spiro atoms. The van der Waals surface area contributed by atoms with Crippen LogP contribution in [0.1, 0.15) is 103 Å². The van der Waals surface area contributed by atoms with Crippen LogP contribution >= 0.6 is 19.4 Å². The van der Waals surface area contributed by atoms with Gasteiger partial charge in [0.25, 0.3) is 17.9 Å². The Bertz CT molecular complexity index is 4090. The van der Waals surface area contributed by atoms with Gasteiger partial charge >= 0.3 is 13.8 Å². The van der Waals surface area contributed by atoms with Crippen LogP contribution in [-0.2, 0) is 66.7 Å². The zero-order chi connectivity index (χ0) is 61.7. The maximum atomic E-state index is 15.7. The number of halogens is 9. The Morgan fingerprint density at radius 2 is 1.69 bits per heavy atom. The fraction of sp³-hybridized carbons (Fsp3) is 0.385. The van der Waals surface area contributed by atoms with Crippen molar-refractivity contribution in [2.75, 3.05) is 17.2 Å². The van der Waals surface area contributed by atoms with Crippen LogP contribution in [0, 0.1) is 24.5 Å². The zero-order valence-electron chi connectivity index (χ0n) is 44.8. The van der Waals surface area contributed by atoms with Gasteiger partial charge in [0.2, 0.25) is 33.6 Å². The van der Waals surface area contributed by atoms with E-state index >= 15 is 22.4 Å². The maximum absolute atomic E-state index is 15.7. The van der Waals surface area contributed by atoms with Gasteiger partial charge in [-0.3, -0.25) is 42.9 Å². The Morgan fingerprint density at radius 1 is 1.01 bits per heavy atom. The van der Waals surface area contributed by atoms with Crippen molar-refractivity contribution in [3.05, 3.63) is 127 Å². The molecule has 0 saturated heterocycles. The van der Waals surface area contributed by atoms with Crippen LogP contribution in [0.3, 0.4) is 0 Å². The smallest absolute Gasteiger partial charge is 0.481 e. The third-order valence-electron chi connectivity index (χ3n) is 14.0. The number of amides is 2. The van der Waals surface area contributed by atoms with Crippen molar-refractivity contribution in [2.24, 2.45) is 13.0 Å². The monoisotopic (exact) mass is 1240 g/mol. The molecule has 7 aromatic rings. The number of anilines is 1. The van der Waals surface area contributed by atoms with Gasteiger partial charge in [-0.05, 0) is 79.3 Å². The van der Waals surface area contributed by atoms with Gasteiger partial charge < -0.3 is 19.7 Å². The number of pyridine rings is 1. The number of carboxylic acids is 1. The second-order valence-electron chi connectivity index (χ2n) is 21.2. The van der Waals surface area contributed by atoms with Crippen molar-refractivity contribution < 1.29 is 86.6 Å². The Morgan fingerprint density at radius 3 is 2.31 bits per heavy atom. The Kier molecular flexibility index (Phi) is 15.9. The van der Waals surface area contributed by atoms with Crippen LogP contribution in [0.4, 0.5) is 40.9 Å². The number of nitrogens with zero attached hydrogens (tertiary/aromatic N) is 8. The Labute approximate surface area is 475 Å². The number of benzene rings is 3. The number of aryl methyl sites for hydroxylation is 2. The van der Waals surface area contributed by atoms with E-state index in [1.807, 2.05) is 0 Å². The molecule has 9 rings (SSSR count). The van der Waals surface area contributed by atoms with Gasteiger partial charge in [-0.1, -0.05) is 31.5 Å². The van der Waals surface area contributed by atoms with E-state index in [2.05, 4.69) is 25.5 Å². The second-order valence-corrected chi connectivity index (χ2v) is 24.7. The van der Waals surface area contributed by atoms with Crippen molar-refractivity contribution in [1.29, 1.82) is 0 Å². The predicted octanol–water partition coefficient (Wildman–Crippen LogP) is 8.53. The van der Waals surface area contributed by atoms with E-state index in [1.54, 1.807) is 0 Å². The molecule has 21 nitrogen and oxygen atoms in total. The molecule has 2 aliphatic rings. The predicted molar refractivity (Wildman–Crippen MR) is 283 cm³/mol. The summed E-state index contributed by atoms with van der Waals surface area (Å²) >= 11 is 6.89.